The number of rotatable bonds is 3. The van der Waals surface area contributed by atoms with Crippen LogP contribution in [0, 0.1) is 6.92 Å². The molecule has 0 radical (unpaired) electrons. The van der Waals surface area contributed by atoms with E-state index in [0.717, 1.165) is 34.5 Å². The minimum absolute atomic E-state index is 0.444. The van der Waals surface area contributed by atoms with Crippen molar-refractivity contribution in [2.24, 2.45) is 0 Å². The highest BCUT2D eigenvalue weighted by molar-refractivity contribution is 9.10. The normalized spacial score (nSPS) is 14.5. The zero-order valence-corrected chi connectivity index (χ0v) is 12.7. The zero-order chi connectivity index (χ0) is 13.4. The first-order valence-electron chi connectivity index (χ1n) is 6.11. The van der Waals surface area contributed by atoms with Gasteiger partial charge in [-0.3, -0.25) is 0 Å². The van der Waals surface area contributed by atoms with Crippen LogP contribution in [0.2, 0.25) is 5.15 Å². The van der Waals surface area contributed by atoms with Crippen molar-refractivity contribution in [2.45, 2.75) is 25.7 Å². The Labute approximate surface area is 125 Å². The summed E-state index contributed by atoms with van der Waals surface area (Å²) in [4.78, 5) is 8.81. The number of nitrogens with zero attached hydrogens (tertiary/aromatic N) is 2. The van der Waals surface area contributed by atoms with Gasteiger partial charge >= 0.3 is 0 Å². The third-order valence-electron chi connectivity index (χ3n) is 3.04. The molecule has 98 valence electrons. The molecular weight excluding hydrogens is 328 g/mol. The molecule has 0 unspecified atom stereocenters. The molecule has 0 spiro atoms. The zero-order valence-electron chi connectivity index (χ0n) is 10.4. The van der Waals surface area contributed by atoms with E-state index in [4.69, 9.17) is 16.3 Å². The molecule has 2 aromatic rings. The Kier molecular flexibility index (Phi) is 3.46. The molecule has 1 fully saturated rings. The summed E-state index contributed by atoms with van der Waals surface area (Å²) < 4.78 is 6.74. The summed E-state index contributed by atoms with van der Waals surface area (Å²) in [6.45, 7) is 1.87. The second-order valence-corrected chi connectivity index (χ2v) is 5.82. The standard InChI is InChI=1S/C14H12BrClN2O/c1-8-12(16)17-13(9-6-7-9)18-14(8)19-11-5-3-2-4-10(11)15/h2-5,9H,6-7H2,1H3. The summed E-state index contributed by atoms with van der Waals surface area (Å²) in [6.07, 6.45) is 2.27. The minimum atomic E-state index is 0.444. The predicted octanol–water partition coefficient (Wildman–Crippen LogP) is 4.87. The first-order chi connectivity index (χ1) is 9.15. The number of halogens is 2. The van der Waals surface area contributed by atoms with Crippen LogP contribution < -0.4 is 4.74 Å². The van der Waals surface area contributed by atoms with Gasteiger partial charge in [-0.15, -0.1) is 0 Å². The molecule has 0 N–H and O–H groups in total. The van der Waals surface area contributed by atoms with E-state index in [0.29, 0.717) is 17.0 Å². The average molecular weight is 340 g/mol. The lowest BCUT2D eigenvalue weighted by molar-refractivity contribution is 0.451. The van der Waals surface area contributed by atoms with Crippen molar-refractivity contribution in [3.8, 4) is 11.6 Å². The number of para-hydroxylation sites is 1. The van der Waals surface area contributed by atoms with Crippen LogP contribution in [-0.2, 0) is 0 Å². The van der Waals surface area contributed by atoms with E-state index in [-0.39, 0.29) is 0 Å². The topological polar surface area (TPSA) is 35.0 Å². The lowest BCUT2D eigenvalue weighted by Gasteiger charge is -2.11. The van der Waals surface area contributed by atoms with E-state index in [9.17, 15) is 0 Å². The Balaban J connectivity index is 1.98. The first-order valence-corrected chi connectivity index (χ1v) is 7.28. The Bertz CT molecular complexity index is 629. The van der Waals surface area contributed by atoms with Gasteiger partial charge in [0.15, 0.2) is 0 Å². The molecule has 3 nitrogen and oxygen atoms in total. The van der Waals surface area contributed by atoms with Crippen molar-refractivity contribution < 1.29 is 4.74 Å². The highest BCUT2D eigenvalue weighted by Gasteiger charge is 2.28. The summed E-state index contributed by atoms with van der Waals surface area (Å²) >= 11 is 9.61. The molecule has 19 heavy (non-hydrogen) atoms. The molecular formula is C14H12BrClN2O. The number of hydrogen-bond acceptors (Lipinski definition) is 3. The minimum Gasteiger partial charge on any atom is -0.437 e. The van der Waals surface area contributed by atoms with Gasteiger partial charge in [-0.2, -0.15) is 4.98 Å². The molecule has 1 aliphatic carbocycles. The van der Waals surface area contributed by atoms with Crippen LogP contribution in [0.15, 0.2) is 28.7 Å². The maximum absolute atomic E-state index is 6.15. The summed E-state index contributed by atoms with van der Waals surface area (Å²) in [6, 6.07) is 7.66. The molecule has 0 saturated heterocycles. The van der Waals surface area contributed by atoms with Crippen LogP contribution in [-0.4, -0.2) is 9.97 Å². The molecule has 1 aromatic heterocycles. The Morgan fingerprint density at radius 1 is 1.26 bits per heavy atom. The van der Waals surface area contributed by atoms with Crippen molar-refractivity contribution in [1.82, 2.24) is 9.97 Å². The molecule has 0 amide bonds. The molecule has 3 rings (SSSR count). The van der Waals surface area contributed by atoms with Gasteiger partial charge in [0, 0.05) is 11.5 Å². The second kappa shape index (κ2) is 5.10. The Hall–Kier alpha value is -1.13. The van der Waals surface area contributed by atoms with E-state index in [1.165, 1.54) is 0 Å². The maximum Gasteiger partial charge on any atom is 0.227 e. The first kappa shape index (κ1) is 12.9. The fraction of sp³-hybridized carbons (Fsp3) is 0.286. The quantitative estimate of drug-likeness (QED) is 0.748. The third kappa shape index (κ3) is 2.74. The molecule has 5 heteroatoms. The largest absolute Gasteiger partial charge is 0.437 e. The number of hydrogen-bond donors (Lipinski definition) is 0. The molecule has 1 aliphatic rings. The van der Waals surface area contributed by atoms with Gasteiger partial charge in [-0.05, 0) is 47.8 Å². The molecule has 1 aromatic carbocycles. The van der Waals surface area contributed by atoms with Crippen molar-refractivity contribution in [3.05, 3.63) is 45.3 Å². The second-order valence-electron chi connectivity index (χ2n) is 4.61. The average Bonchev–Trinajstić information content (AvgIpc) is 3.21. The maximum atomic E-state index is 6.15. The van der Waals surface area contributed by atoms with Crippen LogP contribution in [0.1, 0.15) is 30.1 Å². The fourth-order valence-electron chi connectivity index (χ4n) is 1.74. The molecule has 0 aliphatic heterocycles. The van der Waals surface area contributed by atoms with Crippen LogP contribution in [0.5, 0.6) is 11.6 Å². The van der Waals surface area contributed by atoms with Crippen LogP contribution in [0.4, 0.5) is 0 Å². The van der Waals surface area contributed by atoms with E-state index in [1.54, 1.807) is 0 Å². The smallest absolute Gasteiger partial charge is 0.227 e. The van der Waals surface area contributed by atoms with Crippen molar-refractivity contribution in [1.29, 1.82) is 0 Å². The van der Waals surface area contributed by atoms with Gasteiger partial charge in [-0.1, -0.05) is 23.7 Å². The highest BCUT2D eigenvalue weighted by atomic mass is 79.9. The van der Waals surface area contributed by atoms with Crippen molar-refractivity contribution in [3.63, 3.8) is 0 Å². The van der Waals surface area contributed by atoms with E-state index >= 15 is 0 Å². The van der Waals surface area contributed by atoms with Gasteiger partial charge in [0.05, 0.1) is 4.47 Å². The molecule has 1 saturated carbocycles. The SMILES string of the molecule is Cc1c(Cl)nc(C2CC2)nc1Oc1ccccc1Br. The highest BCUT2D eigenvalue weighted by Crippen LogP contribution is 2.40. The van der Waals surface area contributed by atoms with E-state index in [1.807, 2.05) is 31.2 Å². The summed E-state index contributed by atoms with van der Waals surface area (Å²) in [5.41, 5.74) is 0.766. The van der Waals surface area contributed by atoms with E-state index < -0.39 is 0 Å². The third-order valence-corrected chi connectivity index (χ3v) is 4.07. The molecule has 0 bridgehead atoms. The molecule has 1 heterocycles. The fourth-order valence-corrected chi connectivity index (χ4v) is 2.27. The van der Waals surface area contributed by atoms with Gasteiger partial charge in [0.25, 0.3) is 0 Å². The van der Waals surface area contributed by atoms with Crippen LogP contribution in [0.3, 0.4) is 0 Å². The van der Waals surface area contributed by atoms with Gasteiger partial charge in [0.1, 0.15) is 16.7 Å². The number of aromatic nitrogens is 2. The van der Waals surface area contributed by atoms with Gasteiger partial charge in [-0.25, -0.2) is 4.98 Å². The molecule has 0 atom stereocenters. The predicted molar refractivity (Wildman–Crippen MR) is 78.0 cm³/mol. The Morgan fingerprint density at radius 2 is 2.00 bits per heavy atom. The summed E-state index contributed by atoms with van der Waals surface area (Å²) in [5.74, 6) is 2.49. The number of ether oxygens (including phenoxy) is 1. The summed E-state index contributed by atoms with van der Waals surface area (Å²) in [5, 5.41) is 0.471. The van der Waals surface area contributed by atoms with Crippen molar-refractivity contribution >= 4 is 27.5 Å². The summed E-state index contributed by atoms with van der Waals surface area (Å²) in [7, 11) is 0. The van der Waals surface area contributed by atoms with Crippen molar-refractivity contribution in [2.75, 3.05) is 0 Å². The van der Waals surface area contributed by atoms with E-state index in [2.05, 4.69) is 25.9 Å². The monoisotopic (exact) mass is 338 g/mol. The Morgan fingerprint density at radius 3 is 2.68 bits per heavy atom. The van der Waals surface area contributed by atoms with Gasteiger partial charge in [0.2, 0.25) is 5.88 Å². The van der Waals surface area contributed by atoms with Gasteiger partial charge < -0.3 is 4.74 Å². The number of benzene rings is 1. The van der Waals surface area contributed by atoms with Crippen LogP contribution >= 0.6 is 27.5 Å². The lowest BCUT2D eigenvalue weighted by atomic mass is 10.3. The van der Waals surface area contributed by atoms with Crippen LogP contribution in [0.25, 0.3) is 0 Å². The lowest BCUT2D eigenvalue weighted by Crippen LogP contribution is -2.00.